The van der Waals surface area contributed by atoms with Crippen molar-refractivity contribution < 1.29 is 19.8 Å². The Kier molecular flexibility index (Phi) is 2.88. The highest BCUT2D eigenvalue weighted by molar-refractivity contribution is 5.14. The third kappa shape index (κ3) is 2.10. The molecule has 0 spiro atoms. The van der Waals surface area contributed by atoms with Crippen LogP contribution in [0.25, 0.3) is 0 Å². The Bertz CT molecular complexity index is 262. The SMILES string of the molecule is Cc1ccc(OCCO)c[n+]1O. The highest BCUT2D eigenvalue weighted by Crippen LogP contribution is 2.05. The Labute approximate surface area is 70.6 Å². The molecule has 0 radical (unpaired) electrons. The highest BCUT2D eigenvalue weighted by Gasteiger charge is 2.05. The summed E-state index contributed by atoms with van der Waals surface area (Å²) < 4.78 is 6.04. The third-order valence-electron chi connectivity index (χ3n) is 1.46. The van der Waals surface area contributed by atoms with Crippen LogP contribution in [0.2, 0.25) is 0 Å². The molecule has 0 aliphatic carbocycles. The van der Waals surface area contributed by atoms with E-state index in [2.05, 4.69) is 0 Å². The lowest BCUT2D eigenvalue weighted by atomic mass is 10.4. The van der Waals surface area contributed by atoms with Crippen LogP contribution in [0, 0.1) is 6.92 Å². The number of aromatic nitrogens is 1. The maximum atomic E-state index is 9.17. The van der Waals surface area contributed by atoms with Crippen molar-refractivity contribution in [3.8, 4) is 5.75 Å². The van der Waals surface area contributed by atoms with Crippen LogP contribution in [0.15, 0.2) is 18.3 Å². The molecule has 0 saturated heterocycles. The summed E-state index contributed by atoms with van der Waals surface area (Å²) in [5.41, 5.74) is 0.728. The molecule has 0 fully saturated rings. The largest absolute Gasteiger partial charge is 0.485 e. The standard InChI is InChI=1S/C8H12NO3/c1-7-2-3-8(6-9(7)11)12-5-4-10/h2-3,6,10-11H,4-5H2,1H3/q+1. The van der Waals surface area contributed by atoms with Crippen LogP contribution in [0.3, 0.4) is 0 Å². The van der Waals surface area contributed by atoms with E-state index in [0.717, 1.165) is 10.4 Å². The molecule has 0 aliphatic heterocycles. The van der Waals surface area contributed by atoms with Crippen LogP contribution in [0.4, 0.5) is 0 Å². The van der Waals surface area contributed by atoms with Crippen molar-refractivity contribution >= 4 is 0 Å². The smallest absolute Gasteiger partial charge is 0.264 e. The van der Waals surface area contributed by atoms with Gasteiger partial charge in [0, 0.05) is 17.7 Å². The van der Waals surface area contributed by atoms with Crippen molar-refractivity contribution in [1.82, 2.24) is 0 Å². The van der Waals surface area contributed by atoms with Gasteiger partial charge in [0.05, 0.1) is 6.61 Å². The quantitative estimate of drug-likeness (QED) is 0.491. The van der Waals surface area contributed by atoms with E-state index < -0.39 is 0 Å². The monoisotopic (exact) mass is 170 g/mol. The molecule has 0 saturated carbocycles. The molecule has 0 bridgehead atoms. The first-order chi connectivity index (χ1) is 5.74. The van der Waals surface area contributed by atoms with Crippen molar-refractivity contribution in [3.05, 3.63) is 24.0 Å². The lowest BCUT2D eigenvalue weighted by Crippen LogP contribution is -2.33. The Morgan fingerprint density at radius 3 is 2.83 bits per heavy atom. The number of aliphatic hydroxyl groups is 1. The zero-order valence-electron chi connectivity index (χ0n) is 6.90. The molecule has 0 unspecified atom stereocenters. The topological polar surface area (TPSA) is 53.6 Å². The zero-order chi connectivity index (χ0) is 8.97. The van der Waals surface area contributed by atoms with E-state index in [1.165, 1.54) is 6.20 Å². The molecule has 0 aromatic carbocycles. The fourth-order valence-corrected chi connectivity index (χ4v) is 0.793. The summed E-state index contributed by atoms with van der Waals surface area (Å²) in [7, 11) is 0. The van der Waals surface area contributed by atoms with E-state index >= 15 is 0 Å². The van der Waals surface area contributed by atoms with Gasteiger partial charge >= 0.3 is 0 Å². The number of aliphatic hydroxyl groups excluding tert-OH is 1. The number of hydrogen-bond acceptors (Lipinski definition) is 3. The molecular weight excluding hydrogens is 158 g/mol. The van der Waals surface area contributed by atoms with Crippen molar-refractivity contribution in [2.45, 2.75) is 6.92 Å². The van der Waals surface area contributed by atoms with Gasteiger partial charge in [-0.05, 0) is 6.07 Å². The van der Waals surface area contributed by atoms with Gasteiger partial charge in [0.25, 0.3) is 6.20 Å². The summed E-state index contributed by atoms with van der Waals surface area (Å²) in [6, 6.07) is 3.46. The van der Waals surface area contributed by atoms with E-state index in [-0.39, 0.29) is 13.2 Å². The molecule has 1 aromatic heterocycles. The first-order valence-electron chi connectivity index (χ1n) is 3.69. The Morgan fingerprint density at radius 2 is 2.25 bits per heavy atom. The van der Waals surface area contributed by atoms with Crippen LogP contribution in [-0.2, 0) is 0 Å². The molecule has 0 aliphatic rings. The second kappa shape index (κ2) is 3.92. The lowest BCUT2D eigenvalue weighted by molar-refractivity contribution is -0.908. The molecule has 66 valence electrons. The molecule has 4 nitrogen and oxygen atoms in total. The molecule has 1 aromatic rings. The molecular formula is C8H12NO3+. The van der Waals surface area contributed by atoms with Crippen LogP contribution in [0.1, 0.15) is 5.69 Å². The van der Waals surface area contributed by atoms with E-state index in [1.54, 1.807) is 19.1 Å². The maximum Gasteiger partial charge on any atom is 0.264 e. The second-order valence-electron chi connectivity index (χ2n) is 2.42. The van der Waals surface area contributed by atoms with E-state index in [1.807, 2.05) is 0 Å². The van der Waals surface area contributed by atoms with Gasteiger partial charge in [0.15, 0.2) is 5.75 Å². The zero-order valence-corrected chi connectivity index (χ0v) is 6.90. The summed E-state index contributed by atoms with van der Waals surface area (Å²) in [4.78, 5) is 0. The summed E-state index contributed by atoms with van der Waals surface area (Å²) in [6.45, 7) is 1.98. The number of nitrogens with zero attached hydrogens (tertiary/aromatic N) is 1. The molecule has 1 heterocycles. The second-order valence-corrected chi connectivity index (χ2v) is 2.42. The van der Waals surface area contributed by atoms with E-state index in [0.29, 0.717) is 5.75 Å². The summed E-state index contributed by atoms with van der Waals surface area (Å²) in [6.07, 6.45) is 1.45. The maximum absolute atomic E-state index is 9.17. The number of ether oxygens (including phenoxy) is 1. The number of aryl methyl sites for hydroxylation is 1. The minimum absolute atomic E-state index is 0.0285. The predicted molar refractivity (Wildman–Crippen MR) is 41.1 cm³/mol. The Hall–Kier alpha value is -1.29. The molecule has 12 heavy (non-hydrogen) atoms. The van der Waals surface area contributed by atoms with Gasteiger partial charge in [-0.15, -0.1) is 0 Å². The molecule has 2 N–H and O–H groups in total. The van der Waals surface area contributed by atoms with Gasteiger partial charge in [-0.1, -0.05) is 0 Å². The van der Waals surface area contributed by atoms with Gasteiger partial charge in [-0.25, -0.2) is 0 Å². The molecule has 0 amide bonds. The summed E-state index contributed by atoms with van der Waals surface area (Å²) in [5.74, 6) is 0.539. The van der Waals surface area contributed by atoms with Crippen molar-refractivity contribution in [3.63, 3.8) is 0 Å². The average molecular weight is 170 g/mol. The first-order valence-corrected chi connectivity index (χ1v) is 3.69. The summed E-state index contributed by atoms with van der Waals surface area (Å²) in [5, 5.41) is 17.6. The van der Waals surface area contributed by atoms with E-state index in [9.17, 15) is 5.21 Å². The summed E-state index contributed by atoms with van der Waals surface area (Å²) >= 11 is 0. The van der Waals surface area contributed by atoms with Gasteiger partial charge in [0.2, 0.25) is 5.69 Å². The Balaban J connectivity index is 2.69. The highest BCUT2D eigenvalue weighted by atomic mass is 16.5. The van der Waals surface area contributed by atoms with Gasteiger partial charge in [-0.3, -0.25) is 5.21 Å². The van der Waals surface area contributed by atoms with Gasteiger partial charge in [0.1, 0.15) is 6.61 Å². The minimum Gasteiger partial charge on any atom is -0.485 e. The fourth-order valence-electron chi connectivity index (χ4n) is 0.793. The van der Waals surface area contributed by atoms with Crippen LogP contribution < -0.4 is 9.47 Å². The fraction of sp³-hybridized carbons (Fsp3) is 0.375. The third-order valence-corrected chi connectivity index (χ3v) is 1.46. The number of rotatable bonds is 3. The first kappa shape index (κ1) is 8.80. The van der Waals surface area contributed by atoms with E-state index in [4.69, 9.17) is 9.84 Å². The van der Waals surface area contributed by atoms with Crippen LogP contribution in [0.5, 0.6) is 5.75 Å². The minimum atomic E-state index is -0.0285. The normalized spacial score (nSPS) is 9.83. The lowest BCUT2D eigenvalue weighted by Gasteiger charge is -2.00. The molecule has 1 rings (SSSR count). The molecule has 4 heteroatoms. The Morgan fingerprint density at radius 1 is 1.50 bits per heavy atom. The van der Waals surface area contributed by atoms with Crippen molar-refractivity contribution in [2.75, 3.05) is 13.2 Å². The number of pyridine rings is 1. The van der Waals surface area contributed by atoms with Crippen molar-refractivity contribution in [2.24, 2.45) is 0 Å². The average Bonchev–Trinajstić information content (AvgIpc) is 2.07. The van der Waals surface area contributed by atoms with Gasteiger partial charge in [-0.2, -0.15) is 0 Å². The van der Waals surface area contributed by atoms with Crippen LogP contribution >= 0.6 is 0 Å². The number of hydrogen-bond donors (Lipinski definition) is 2. The van der Waals surface area contributed by atoms with Crippen molar-refractivity contribution in [1.29, 1.82) is 0 Å². The van der Waals surface area contributed by atoms with Crippen LogP contribution in [-0.4, -0.2) is 23.5 Å². The molecule has 0 atom stereocenters. The predicted octanol–water partition coefficient (Wildman–Crippen LogP) is -0.109. The van der Waals surface area contributed by atoms with Gasteiger partial charge < -0.3 is 9.84 Å².